The maximum atomic E-state index is 12.4. The van der Waals surface area contributed by atoms with Gasteiger partial charge in [0.25, 0.3) is 0 Å². The van der Waals surface area contributed by atoms with E-state index in [1.165, 1.54) is 0 Å². The van der Waals surface area contributed by atoms with Crippen LogP contribution < -0.4 is 27.3 Å². The molecule has 130 valence electrons. The van der Waals surface area contributed by atoms with E-state index in [1.807, 2.05) is 42.1 Å². The van der Waals surface area contributed by atoms with Crippen LogP contribution in [-0.2, 0) is 13.6 Å². The van der Waals surface area contributed by atoms with Crippen LogP contribution in [0.4, 0.5) is 5.95 Å². The predicted molar refractivity (Wildman–Crippen MR) is 98.9 cm³/mol. The zero-order valence-corrected chi connectivity index (χ0v) is 17.3. The second-order valence-electron chi connectivity index (χ2n) is 5.50. The van der Waals surface area contributed by atoms with Gasteiger partial charge in [-0.15, -0.1) is 0 Å². The number of carbonyl (C=O) groups excluding carboxylic acids is 1. The van der Waals surface area contributed by atoms with Crippen molar-refractivity contribution in [3.8, 4) is 11.3 Å². The first-order chi connectivity index (χ1) is 11.5. The van der Waals surface area contributed by atoms with E-state index in [4.69, 9.17) is 17.3 Å². The number of nitrogen functional groups attached to an aromatic ring is 1. The van der Waals surface area contributed by atoms with Crippen molar-refractivity contribution in [1.82, 2.24) is 4.57 Å². The Kier molecular flexibility index (Phi) is 6.43. The van der Waals surface area contributed by atoms with Gasteiger partial charge in [-0.05, 0) is 36.4 Å². The summed E-state index contributed by atoms with van der Waals surface area (Å²) in [4.78, 5) is 12.4. The number of rotatable bonds is 4. The maximum Gasteiger partial charge on any atom is 0.355 e. The first-order valence-electron chi connectivity index (χ1n) is 7.35. The van der Waals surface area contributed by atoms with Crippen molar-refractivity contribution >= 4 is 39.3 Å². The summed E-state index contributed by atoms with van der Waals surface area (Å²) in [5.41, 5.74) is 8.76. The fourth-order valence-corrected chi connectivity index (χ4v) is 2.90. The SMILES string of the molecule is Cn1c(-c2ccc(Br)cc2)c[n+](CC(=O)c2ccc(Cl)cc2)c1N.[Br-]. The first-order valence-corrected chi connectivity index (χ1v) is 8.52. The van der Waals surface area contributed by atoms with Gasteiger partial charge in [0, 0.05) is 20.6 Å². The van der Waals surface area contributed by atoms with Crippen molar-refractivity contribution in [3.63, 3.8) is 0 Å². The lowest BCUT2D eigenvalue weighted by Gasteiger charge is -2.00. The van der Waals surface area contributed by atoms with Crippen molar-refractivity contribution in [2.24, 2.45) is 7.05 Å². The summed E-state index contributed by atoms with van der Waals surface area (Å²) >= 11 is 9.29. The second-order valence-corrected chi connectivity index (χ2v) is 6.85. The average Bonchev–Trinajstić information content (AvgIpc) is 2.85. The fraction of sp³-hybridized carbons (Fsp3) is 0.111. The predicted octanol–water partition coefficient (Wildman–Crippen LogP) is 0.865. The van der Waals surface area contributed by atoms with Crippen LogP contribution in [-0.4, -0.2) is 10.4 Å². The van der Waals surface area contributed by atoms with E-state index in [0.717, 1.165) is 15.7 Å². The summed E-state index contributed by atoms with van der Waals surface area (Å²) in [5.74, 6) is 0.506. The highest BCUT2D eigenvalue weighted by Gasteiger charge is 2.20. The van der Waals surface area contributed by atoms with E-state index in [9.17, 15) is 4.79 Å². The molecule has 0 aliphatic carbocycles. The Bertz CT molecular complexity index is 890. The zero-order chi connectivity index (χ0) is 17.3. The highest BCUT2D eigenvalue weighted by Crippen LogP contribution is 2.22. The number of benzene rings is 2. The molecule has 3 aromatic rings. The van der Waals surface area contributed by atoms with Crippen LogP contribution in [0.2, 0.25) is 5.02 Å². The minimum Gasteiger partial charge on any atom is -1.00 e. The molecule has 0 amide bonds. The van der Waals surface area contributed by atoms with E-state index in [2.05, 4.69) is 15.9 Å². The number of nitrogens with zero attached hydrogens (tertiary/aromatic N) is 2. The molecule has 0 fully saturated rings. The van der Waals surface area contributed by atoms with Gasteiger partial charge < -0.3 is 17.0 Å². The Hall–Kier alpha value is -1.63. The van der Waals surface area contributed by atoms with Crippen molar-refractivity contribution in [2.75, 3.05) is 5.73 Å². The molecule has 0 atom stereocenters. The maximum absolute atomic E-state index is 12.4. The molecule has 0 aliphatic heterocycles. The molecule has 2 N–H and O–H groups in total. The largest absolute Gasteiger partial charge is 1.00 e. The molecule has 0 bridgehead atoms. The number of aromatic nitrogens is 2. The molecule has 0 saturated heterocycles. The Morgan fingerprint density at radius 1 is 1.16 bits per heavy atom. The molecule has 1 aromatic heterocycles. The van der Waals surface area contributed by atoms with Gasteiger partial charge in [0.2, 0.25) is 0 Å². The van der Waals surface area contributed by atoms with Crippen molar-refractivity contribution in [1.29, 1.82) is 0 Å². The van der Waals surface area contributed by atoms with E-state index in [1.54, 1.807) is 28.8 Å². The van der Waals surface area contributed by atoms with Gasteiger partial charge >= 0.3 is 5.95 Å². The third kappa shape index (κ3) is 4.32. The molecule has 2 aromatic carbocycles. The quantitative estimate of drug-likeness (QED) is 0.441. The number of nitrogens with two attached hydrogens (primary N) is 1. The number of carbonyl (C=O) groups is 1. The van der Waals surface area contributed by atoms with Gasteiger partial charge in [-0.3, -0.25) is 10.5 Å². The van der Waals surface area contributed by atoms with E-state index in [0.29, 0.717) is 16.5 Å². The minimum absolute atomic E-state index is 0. The van der Waals surface area contributed by atoms with E-state index < -0.39 is 0 Å². The van der Waals surface area contributed by atoms with Gasteiger partial charge in [-0.2, -0.15) is 0 Å². The molecule has 25 heavy (non-hydrogen) atoms. The Labute approximate surface area is 170 Å². The van der Waals surface area contributed by atoms with Gasteiger partial charge in [0.05, 0.1) is 7.05 Å². The molecule has 0 radical (unpaired) electrons. The lowest BCUT2D eigenvalue weighted by molar-refractivity contribution is -0.667. The van der Waals surface area contributed by atoms with Gasteiger partial charge in [-0.25, -0.2) is 9.13 Å². The van der Waals surface area contributed by atoms with Crippen molar-refractivity contribution in [3.05, 3.63) is 69.8 Å². The van der Waals surface area contributed by atoms with E-state index in [-0.39, 0.29) is 29.3 Å². The first kappa shape index (κ1) is 19.7. The highest BCUT2D eigenvalue weighted by atomic mass is 79.9. The summed E-state index contributed by atoms with van der Waals surface area (Å²) in [6.07, 6.45) is 1.90. The topological polar surface area (TPSA) is 51.9 Å². The number of anilines is 1. The fourth-order valence-electron chi connectivity index (χ4n) is 2.51. The number of halogens is 3. The third-order valence-corrected chi connectivity index (χ3v) is 4.68. The van der Waals surface area contributed by atoms with Crippen LogP contribution in [0, 0.1) is 0 Å². The van der Waals surface area contributed by atoms with E-state index >= 15 is 0 Å². The molecule has 0 saturated carbocycles. The number of hydrogen-bond donors (Lipinski definition) is 1. The van der Waals surface area contributed by atoms with Crippen molar-refractivity contribution < 1.29 is 26.3 Å². The standard InChI is InChI=1S/C18H15BrClN3O.BrH/c1-22-16(12-2-6-14(19)7-3-12)10-23(18(22)21)11-17(24)13-4-8-15(20)9-5-13;/h2-10,21H,11H2,1H3;1H. The van der Waals surface area contributed by atoms with Crippen LogP contribution in [0.15, 0.2) is 59.2 Å². The van der Waals surface area contributed by atoms with Crippen LogP contribution in [0.5, 0.6) is 0 Å². The summed E-state index contributed by atoms with van der Waals surface area (Å²) in [7, 11) is 1.88. The lowest BCUT2D eigenvalue weighted by Crippen LogP contribution is -3.00. The molecular formula is C18H16Br2ClN3O. The van der Waals surface area contributed by atoms with Gasteiger partial charge in [0.15, 0.2) is 5.78 Å². The van der Waals surface area contributed by atoms with Crippen molar-refractivity contribution in [2.45, 2.75) is 6.54 Å². The molecule has 7 heteroatoms. The molecule has 0 aliphatic rings. The molecule has 0 unspecified atom stereocenters. The highest BCUT2D eigenvalue weighted by molar-refractivity contribution is 9.10. The van der Waals surface area contributed by atoms with Gasteiger partial charge in [-0.1, -0.05) is 39.7 Å². The Balaban J connectivity index is 0.00000225. The molecular weight excluding hydrogens is 469 g/mol. The number of Topliss-reactive ketones (excluding diaryl/α,β-unsaturated/α-hetero) is 1. The molecule has 1 heterocycles. The Morgan fingerprint density at radius 3 is 2.36 bits per heavy atom. The van der Waals surface area contributed by atoms with Crippen LogP contribution >= 0.6 is 27.5 Å². The number of hydrogen-bond acceptors (Lipinski definition) is 2. The summed E-state index contributed by atoms with van der Waals surface area (Å²) < 4.78 is 4.64. The number of ketones is 1. The van der Waals surface area contributed by atoms with Crippen LogP contribution in [0.1, 0.15) is 10.4 Å². The summed E-state index contributed by atoms with van der Waals surface area (Å²) in [5, 5.41) is 0.607. The lowest BCUT2D eigenvalue weighted by atomic mass is 10.1. The minimum atomic E-state index is -0.0173. The monoisotopic (exact) mass is 483 g/mol. The number of imidazole rings is 1. The molecule has 3 rings (SSSR count). The summed E-state index contributed by atoms with van der Waals surface area (Å²) in [6, 6.07) is 14.8. The average molecular weight is 486 g/mol. The second kappa shape index (κ2) is 8.17. The zero-order valence-electron chi connectivity index (χ0n) is 13.4. The third-order valence-electron chi connectivity index (χ3n) is 3.90. The smallest absolute Gasteiger partial charge is 0.355 e. The van der Waals surface area contributed by atoms with Gasteiger partial charge in [0.1, 0.15) is 18.4 Å². The molecule has 0 spiro atoms. The summed E-state index contributed by atoms with van der Waals surface area (Å²) in [6.45, 7) is 0.178. The Morgan fingerprint density at radius 2 is 1.76 bits per heavy atom. The van der Waals surface area contributed by atoms with Crippen LogP contribution in [0.25, 0.3) is 11.3 Å². The van der Waals surface area contributed by atoms with Crippen LogP contribution in [0.3, 0.4) is 0 Å². The normalized spacial score (nSPS) is 10.4. The molecule has 4 nitrogen and oxygen atoms in total.